The average Bonchev–Trinajstić information content (AvgIpc) is 2.97. The number of carbonyl (C=O) groups is 1. The van der Waals surface area contributed by atoms with Crippen LogP contribution in [0.15, 0.2) is 63.2 Å². The van der Waals surface area contributed by atoms with Gasteiger partial charge in [-0.25, -0.2) is 10.0 Å². The summed E-state index contributed by atoms with van der Waals surface area (Å²) in [7, 11) is 0. The molecule has 2 aliphatic heterocycles. The topological polar surface area (TPSA) is 45.0 Å². The molecule has 104 valence electrons. The molecule has 1 atom stereocenters. The molecule has 1 aromatic carbocycles. The number of hydrogen-bond donors (Lipinski definition) is 0. The van der Waals surface area contributed by atoms with Crippen molar-refractivity contribution in [2.45, 2.75) is 13.8 Å². The molecule has 0 bridgehead atoms. The Morgan fingerprint density at radius 1 is 1.24 bits per heavy atom. The Bertz CT molecular complexity index is 791. The van der Waals surface area contributed by atoms with Crippen LogP contribution in [0.5, 0.6) is 0 Å². The van der Waals surface area contributed by atoms with Crippen molar-refractivity contribution < 1.29 is 4.79 Å². The number of hydrogen-bond acceptors (Lipinski definition) is 4. The number of aliphatic imine (C=N–C) groups is 1. The molecule has 0 saturated heterocycles. The Hall–Kier alpha value is -2.14. The molecule has 0 aromatic heterocycles. The molecule has 2 heterocycles. The van der Waals surface area contributed by atoms with Crippen LogP contribution in [0, 0.1) is 5.41 Å². The number of hydrazone groups is 1. The van der Waals surface area contributed by atoms with Gasteiger partial charge in [0.25, 0.3) is 0 Å². The van der Waals surface area contributed by atoms with E-state index in [2.05, 4.69) is 16.7 Å². The van der Waals surface area contributed by atoms with Crippen LogP contribution in [-0.4, -0.2) is 16.7 Å². The normalized spacial score (nSPS) is 27.0. The highest BCUT2D eigenvalue weighted by atomic mass is 32.2. The molecular formula is C16H13N3OS. The third-order valence-corrected chi connectivity index (χ3v) is 5.32. The first-order chi connectivity index (χ1) is 10.1. The average molecular weight is 295 g/mol. The van der Waals surface area contributed by atoms with Crippen LogP contribution < -0.4 is 5.01 Å². The summed E-state index contributed by atoms with van der Waals surface area (Å²) in [4.78, 5) is 16.8. The smallest absolute Gasteiger partial charge is 0.259 e. The van der Waals surface area contributed by atoms with Gasteiger partial charge in [-0.2, -0.15) is 5.10 Å². The van der Waals surface area contributed by atoms with Gasteiger partial charge in [0.2, 0.25) is 0 Å². The molecule has 0 saturated carbocycles. The summed E-state index contributed by atoms with van der Waals surface area (Å²) in [5.41, 5.74) is 4.21. The van der Waals surface area contributed by atoms with Crippen LogP contribution in [0.3, 0.4) is 0 Å². The molecule has 1 aliphatic carbocycles. The lowest BCUT2D eigenvalue weighted by molar-refractivity contribution is 0.268. The molecule has 1 amide bonds. The van der Waals surface area contributed by atoms with E-state index in [-0.39, 0.29) is 5.24 Å². The monoisotopic (exact) mass is 295 g/mol. The van der Waals surface area contributed by atoms with Crippen LogP contribution in [0.1, 0.15) is 13.8 Å². The first kappa shape index (κ1) is 12.6. The molecule has 5 heteroatoms. The summed E-state index contributed by atoms with van der Waals surface area (Å²) in [6, 6.07) is 9.91. The largest absolute Gasteiger partial charge is 0.310 e. The van der Waals surface area contributed by atoms with Crippen molar-refractivity contribution in [1.29, 1.82) is 0 Å². The molecule has 1 spiro atoms. The Morgan fingerprint density at radius 2 is 1.95 bits per heavy atom. The number of thioether (sulfide) groups is 1. The lowest BCUT2D eigenvalue weighted by Crippen LogP contribution is -2.47. The van der Waals surface area contributed by atoms with Crippen molar-refractivity contribution in [3.8, 4) is 0 Å². The Labute approximate surface area is 126 Å². The molecule has 0 radical (unpaired) electrons. The predicted molar refractivity (Wildman–Crippen MR) is 86.7 cm³/mol. The van der Waals surface area contributed by atoms with Gasteiger partial charge in [0.15, 0.2) is 0 Å². The van der Waals surface area contributed by atoms with Gasteiger partial charge in [-0.05, 0) is 43.3 Å². The minimum atomic E-state index is -0.482. The van der Waals surface area contributed by atoms with E-state index >= 15 is 0 Å². The van der Waals surface area contributed by atoms with E-state index in [4.69, 9.17) is 0 Å². The third-order valence-electron chi connectivity index (χ3n) is 4.35. The maximum Gasteiger partial charge on any atom is 0.310 e. The molecule has 4 rings (SSSR count). The second-order valence-electron chi connectivity index (χ2n) is 5.31. The number of fused-ring (bicyclic) bond motifs is 2. The second kappa shape index (κ2) is 3.95. The van der Waals surface area contributed by atoms with Crippen LogP contribution in [0.25, 0.3) is 0 Å². The van der Waals surface area contributed by atoms with Gasteiger partial charge in [0.05, 0.1) is 22.8 Å². The zero-order valence-corrected chi connectivity index (χ0v) is 12.6. The van der Waals surface area contributed by atoms with Gasteiger partial charge in [-0.1, -0.05) is 24.8 Å². The third kappa shape index (κ3) is 1.34. The number of para-hydroxylation sites is 1. The number of nitrogens with zero attached hydrogens (tertiary/aromatic N) is 3. The highest BCUT2D eigenvalue weighted by Gasteiger charge is 2.60. The van der Waals surface area contributed by atoms with Gasteiger partial charge in [0, 0.05) is 4.91 Å². The second-order valence-corrected chi connectivity index (χ2v) is 6.27. The van der Waals surface area contributed by atoms with Crippen molar-refractivity contribution in [3.05, 3.63) is 53.1 Å². The standard InChI is InChI=1S/C16H13N3OS/c1-9-13-14(17-15(20)21-13)16(9)10(2)18-19(11(16)3)12-7-5-4-6-8-12/h4-8H,3H2,1-2H3. The quantitative estimate of drug-likeness (QED) is 0.787. The van der Waals surface area contributed by atoms with E-state index < -0.39 is 5.41 Å². The number of allylic oxidation sites excluding steroid dienone is 2. The summed E-state index contributed by atoms with van der Waals surface area (Å²) in [6.07, 6.45) is 0. The predicted octanol–water partition coefficient (Wildman–Crippen LogP) is 3.98. The summed E-state index contributed by atoms with van der Waals surface area (Å²) < 4.78 is 0. The maximum atomic E-state index is 11.6. The molecule has 1 aromatic rings. The fraction of sp³-hybridized carbons (Fsp3) is 0.188. The number of amides is 1. The van der Waals surface area contributed by atoms with E-state index in [0.717, 1.165) is 33.3 Å². The number of anilines is 1. The van der Waals surface area contributed by atoms with Crippen molar-refractivity contribution in [3.63, 3.8) is 0 Å². The van der Waals surface area contributed by atoms with Crippen LogP contribution in [-0.2, 0) is 0 Å². The molecule has 1 unspecified atom stereocenters. The lowest BCUT2D eigenvalue weighted by Gasteiger charge is -2.41. The molecule has 0 fully saturated rings. The fourth-order valence-electron chi connectivity index (χ4n) is 3.33. The van der Waals surface area contributed by atoms with Crippen molar-refractivity contribution in [1.82, 2.24) is 0 Å². The van der Waals surface area contributed by atoms with Gasteiger partial charge in [-0.15, -0.1) is 0 Å². The molecular weight excluding hydrogens is 282 g/mol. The molecule has 4 nitrogen and oxygen atoms in total. The van der Waals surface area contributed by atoms with E-state index in [0.29, 0.717) is 0 Å². The summed E-state index contributed by atoms with van der Waals surface area (Å²) in [5.74, 6) is 0. The lowest BCUT2D eigenvalue weighted by atomic mass is 9.63. The Balaban J connectivity index is 1.85. The summed E-state index contributed by atoms with van der Waals surface area (Å²) >= 11 is 1.21. The Kier molecular flexibility index (Phi) is 2.37. The molecule has 21 heavy (non-hydrogen) atoms. The Morgan fingerprint density at radius 3 is 2.67 bits per heavy atom. The molecule has 0 N–H and O–H groups in total. The van der Waals surface area contributed by atoms with Crippen LogP contribution in [0.4, 0.5) is 10.5 Å². The maximum absolute atomic E-state index is 11.6. The number of carbonyl (C=O) groups excluding carboxylic acids is 1. The van der Waals surface area contributed by atoms with Crippen molar-refractivity contribution >= 4 is 34.1 Å². The fourth-order valence-corrected chi connectivity index (χ4v) is 4.24. The highest BCUT2D eigenvalue weighted by Crippen LogP contribution is 2.59. The van der Waals surface area contributed by atoms with Gasteiger partial charge < -0.3 is 0 Å². The minimum Gasteiger partial charge on any atom is -0.259 e. The van der Waals surface area contributed by atoms with Crippen LogP contribution in [0.2, 0.25) is 0 Å². The van der Waals surface area contributed by atoms with E-state index in [1.54, 1.807) is 0 Å². The zero-order valence-electron chi connectivity index (χ0n) is 11.8. The van der Waals surface area contributed by atoms with Gasteiger partial charge >= 0.3 is 5.24 Å². The van der Waals surface area contributed by atoms with Crippen LogP contribution >= 0.6 is 11.8 Å². The van der Waals surface area contributed by atoms with Crippen molar-refractivity contribution in [2.75, 3.05) is 5.01 Å². The first-order valence-electron chi connectivity index (χ1n) is 6.69. The van der Waals surface area contributed by atoms with Gasteiger partial charge in [-0.3, -0.25) is 4.79 Å². The highest BCUT2D eigenvalue weighted by molar-refractivity contribution is 8.18. The number of rotatable bonds is 1. The van der Waals surface area contributed by atoms with E-state index in [9.17, 15) is 4.79 Å². The zero-order chi connectivity index (χ0) is 14.8. The molecule has 3 aliphatic rings. The van der Waals surface area contributed by atoms with E-state index in [1.807, 2.05) is 49.2 Å². The summed E-state index contributed by atoms with van der Waals surface area (Å²) in [5, 5.41) is 6.38. The SMILES string of the molecule is C=C1N(c2ccccc2)N=C(C)C12C1=NC(=O)SC1=C2C. The first-order valence-corrected chi connectivity index (χ1v) is 7.51. The summed E-state index contributed by atoms with van der Waals surface area (Å²) in [6.45, 7) is 8.27. The minimum absolute atomic E-state index is 0.144. The van der Waals surface area contributed by atoms with Gasteiger partial charge in [0.1, 0.15) is 5.41 Å². The number of benzene rings is 1. The van der Waals surface area contributed by atoms with Crippen molar-refractivity contribution in [2.24, 2.45) is 15.5 Å². The van der Waals surface area contributed by atoms with E-state index in [1.165, 1.54) is 11.8 Å².